The number of carbonyl (C=O) groups is 1. The first-order chi connectivity index (χ1) is 14.1. The van der Waals surface area contributed by atoms with Crippen molar-refractivity contribution in [2.24, 2.45) is 46.3 Å². The minimum Gasteiger partial charge on any atom is -0.357 e. The summed E-state index contributed by atoms with van der Waals surface area (Å²) >= 11 is 0. The fourth-order valence-corrected chi connectivity index (χ4v) is 8.78. The summed E-state index contributed by atoms with van der Waals surface area (Å²) in [5, 5.41) is 0. The third kappa shape index (κ3) is 2.68. The number of epoxide rings is 1. The first kappa shape index (κ1) is 21.0. The Morgan fingerprint density at radius 1 is 1.07 bits per heavy atom. The lowest BCUT2D eigenvalue weighted by Gasteiger charge is -2.57. The molecule has 0 N–H and O–H groups in total. The molecule has 2 nitrogen and oxygen atoms in total. The van der Waals surface area contributed by atoms with Crippen LogP contribution in [0, 0.1) is 46.3 Å². The van der Waals surface area contributed by atoms with Gasteiger partial charge in [-0.15, -0.1) is 0 Å². The van der Waals surface area contributed by atoms with Crippen LogP contribution in [-0.2, 0) is 9.53 Å². The highest BCUT2D eigenvalue weighted by molar-refractivity contribution is 5.99. The van der Waals surface area contributed by atoms with Crippen LogP contribution in [0.25, 0.3) is 0 Å². The lowest BCUT2D eigenvalue weighted by atomic mass is 9.46. The molecule has 1 saturated heterocycles. The highest BCUT2D eigenvalue weighted by Crippen LogP contribution is 2.70. The number of carbonyl (C=O) groups excluding carboxylic acids is 1. The van der Waals surface area contributed by atoms with Crippen LogP contribution in [0.4, 0.5) is 0 Å². The molecule has 0 aromatic rings. The summed E-state index contributed by atoms with van der Waals surface area (Å²) in [4.78, 5) is 12.4. The molecule has 0 spiro atoms. The maximum absolute atomic E-state index is 12.4. The summed E-state index contributed by atoms with van der Waals surface area (Å²) < 4.78 is 6.12. The quantitative estimate of drug-likeness (QED) is 0.469. The smallest absolute Gasteiger partial charge is 0.187 e. The molecule has 3 fully saturated rings. The molecule has 5 aliphatic rings. The number of hydrogen-bond donors (Lipinski definition) is 0. The molecule has 2 saturated carbocycles. The van der Waals surface area contributed by atoms with Crippen LogP contribution < -0.4 is 0 Å². The molecule has 0 bridgehead atoms. The Kier molecular flexibility index (Phi) is 4.76. The molecular weight excluding hydrogens is 368 g/mol. The molecule has 0 unspecified atom stereocenters. The Labute approximate surface area is 183 Å². The van der Waals surface area contributed by atoms with Crippen molar-refractivity contribution < 1.29 is 9.53 Å². The number of rotatable bonds is 5. The number of ketones is 1. The molecule has 30 heavy (non-hydrogen) atoms. The van der Waals surface area contributed by atoms with Crippen molar-refractivity contribution >= 4 is 5.78 Å². The summed E-state index contributed by atoms with van der Waals surface area (Å²) in [6.45, 7) is 14.5. The van der Waals surface area contributed by atoms with Crippen LogP contribution in [0.15, 0.2) is 23.8 Å². The van der Waals surface area contributed by atoms with Gasteiger partial charge in [0.05, 0.1) is 0 Å². The van der Waals surface area contributed by atoms with E-state index in [0.717, 1.165) is 23.7 Å². The second-order valence-corrected chi connectivity index (χ2v) is 12.5. The molecule has 0 radical (unpaired) electrons. The number of fused-ring (bicyclic) bond motifs is 7. The van der Waals surface area contributed by atoms with E-state index in [2.05, 4.69) is 53.7 Å². The van der Waals surface area contributed by atoms with Crippen LogP contribution in [0.2, 0.25) is 0 Å². The SMILES string of the molecule is CC(C)CCC[C@@H](C)[C@H]1CC[C@H]2[C@@H]3C=CC4=CC(=O)[C@@H]5O[C@]5(C)[C@]4(C)[C@H]3CC[C@]12C. The predicted octanol–water partition coefficient (Wildman–Crippen LogP) is 6.75. The van der Waals surface area contributed by atoms with E-state index in [4.69, 9.17) is 4.74 Å². The molecule has 0 aromatic carbocycles. The maximum atomic E-state index is 12.4. The lowest BCUT2D eigenvalue weighted by Crippen LogP contribution is -2.55. The van der Waals surface area contributed by atoms with E-state index < -0.39 is 0 Å². The van der Waals surface area contributed by atoms with Crippen molar-refractivity contribution in [2.45, 2.75) is 98.2 Å². The summed E-state index contributed by atoms with van der Waals surface area (Å²) in [5.74, 6) is 4.79. The minimum atomic E-state index is -0.280. The second kappa shape index (κ2) is 6.80. The fourth-order valence-electron chi connectivity index (χ4n) is 8.78. The van der Waals surface area contributed by atoms with Gasteiger partial charge in [0, 0.05) is 5.41 Å². The van der Waals surface area contributed by atoms with Crippen molar-refractivity contribution in [1.29, 1.82) is 0 Å². The highest BCUT2D eigenvalue weighted by atomic mass is 16.6. The Bertz CT molecular complexity index is 792. The van der Waals surface area contributed by atoms with Crippen LogP contribution >= 0.6 is 0 Å². The van der Waals surface area contributed by atoms with Crippen LogP contribution in [0.5, 0.6) is 0 Å². The van der Waals surface area contributed by atoms with Crippen molar-refractivity contribution in [3.05, 3.63) is 23.8 Å². The van der Waals surface area contributed by atoms with E-state index in [9.17, 15) is 4.79 Å². The average molecular weight is 411 g/mol. The number of ether oxygens (including phenoxy) is 1. The number of hydrogen-bond acceptors (Lipinski definition) is 2. The zero-order chi connectivity index (χ0) is 21.5. The van der Waals surface area contributed by atoms with Gasteiger partial charge < -0.3 is 4.74 Å². The normalized spacial score (nSPS) is 49.8. The standard InChI is InChI=1S/C28H42O2/c1-17(2)8-7-9-18(3)21-12-13-22-20-11-10-19-16-24(29)25-28(6,30-25)27(19,5)23(20)14-15-26(21,22)4/h10-11,16-18,20-23,25H,7-9,12-15H2,1-6H3/t18-,20+,21-,22+,23+,25+,26-,27+,28+/m1/s1. The van der Waals surface area contributed by atoms with Gasteiger partial charge in [0.2, 0.25) is 0 Å². The van der Waals surface area contributed by atoms with Gasteiger partial charge in [-0.2, -0.15) is 0 Å². The maximum Gasteiger partial charge on any atom is 0.187 e. The molecule has 166 valence electrons. The summed E-state index contributed by atoms with van der Waals surface area (Å²) in [6, 6.07) is 0. The van der Waals surface area contributed by atoms with Gasteiger partial charge in [-0.25, -0.2) is 0 Å². The molecule has 2 heteroatoms. The number of allylic oxidation sites excluding steroid dienone is 2. The molecule has 5 rings (SSSR count). The van der Waals surface area contributed by atoms with Crippen LogP contribution in [0.3, 0.4) is 0 Å². The van der Waals surface area contributed by atoms with Gasteiger partial charge in [0.25, 0.3) is 0 Å². The van der Waals surface area contributed by atoms with E-state index in [1.54, 1.807) is 0 Å². The van der Waals surface area contributed by atoms with E-state index in [0.29, 0.717) is 17.3 Å². The first-order valence-corrected chi connectivity index (χ1v) is 12.7. The van der Waals surface area contributed by atoms with Crippen molar-refractivity contribution in [1.82, 2.24) is 0 Å². The molecule has 9 atom stereocenters. The third-order valence-corrected chi connectivity index (χ3v) is 10.8. The zero-order valence-corrected chi connectivity index (χ0v) is 20.0. The molecule has 1 aliphatic heterocycles. The summed E-state index contributed by atoms with van der Waals surface area (Å²) in [6.07, 6.45) is 16.1. The average Bonchev–Trinajstić information content (AvgIpc) is 3.27. The Morgan fingerprint density at radius 3 is 2.57 bits per heavy atom. The van der Waals surface area contributed by atoms with Gasteiger partial charge in [0.15, 0.2) is 11.9 Å². The van der Waals surface area contributed by atoms with Gasteiger partial charge >= 0.3 is 0 Å². The minimum absolute atomic E-state index is 0.00666. The van der Waals surface area contributed by atoms with Crippen molar-refractivity contribution in [2.75, 3.05) is 0 Å². The molecule has 4 aliphatic carbocycles. The van der Waals surface area contributed by atoms with Crippen LogP contribution in [-0.4, -0.2) is 17.5 Å². The molecule has 1 heterocycles. The lowest BCUT2D eigenvalue weighted by molar-refractivity contribution is -0.116. The van der Waals surface area contributed by atoms with E-state index in [1.807, 2.05) is 6.08 Å². The summed E-state index contributed by atoms with van der Waals surface area (Å²) in [5.41, 5.74) is 1.44. The topological polar surface area (TPSA) is 29.6 Å². The third-order valence-electron chi connectivity index (χ3n) is 10.8. The van der Waals surface area contributed by atoms with Crippen molar-refractivity contribution in [3.8, 4) is 0 Å². The Balaban J connectivity index is 1.40. The fraction of sp³-hybridized carbons (Fsp3) is 0.821. The monoisotopic (exact) mass is 410 g/mol. The van der Waals surface area contributed by atoms with Gasteiger partial charge in [-0.3, -0.25) is 4.79 Å². The largest absolute Gasteiger partial charge is 0.357 e. The first-order valence-electron chi connectivity index (χ1n) is 12.7. The van der Waals surface area contributed by atoms with Gasteiger partial charge in [-0.1, -0.05) is 66.0 Å². The Morgan fingerprint density at radius 2 is 1.83 bits per heavy atom. The second-order valence-electron chi connectivity index (χ2n) is 12.5. The van der Waals surface area contributed by atoms with E-state index >= 15 is 0 Å². The molecular formula is C28H42O2. The summed E-state index contributed by atoms with van der Waals surface area (Å²) in [7, 11) is 0. The van der Waals surface area contributed by atoms with Gasteiger partial charge in [0.1, 0.15) is 5.60 Å². The molecule has 0 amide bonds. The van der Waals surface area contributed by atoms with Gasteiger partial charge in [-0.05, 0) is 85.2 Å². The van der Waals surface area contributed by atoms with Crippen molar-refractivity contribution in [3.63, 3.8) is 0 Å². The zero-order valence-electron chi connectivity index (χ0n) is 20.0. The highest BCUT2D eigenvalue weighted by Gasteiger charge is 2.73. The van der Waals surface area contributed by atoms with E-state index in [-0.39, 0.29) is 22.9 Å². The Hall–Kier alpha value is -0.890. The molecule has 0 aromatic heterocycles. The predicted molar refractivity (Wildman–Crippen MR) is 122 cm³/mol. The van der Waals surface area contributed by atoms with Crippen LogP contribution in [0.1, 0.15) is 86.5 Å². The van der Waals surface area contributed by atoms with E-state index in [1.165, 1.54) is 50.5 Å².